The Morgan fingerprint density at radius 3 is 2.40 bits per heavy atom. The minimum absolute atomic E-state index is 0.100. The molecule has 6 rings (SSSR count). The second-order valence-electron chi connectivity index (χ2n) is 11.8. The number of sulfonamides is 1. The van der Waals surface area contributed by atoms with Crippen LogP contribution in [-0.2, 0) is 25.2 Å². The predicted molar refractivity (Wildman–Crippen MR) is 174 cm³/mol. The highest BCUT2D eigenvalue weighted by Crippen LogP contribution is 2.53. The van der Waals surface area contributed by atoms with Gasteiger partial charge in [-0.05, 0) is 65.6 Å². The van der Waals surface area contributed by atoms with E-state index in [9.17, 15) is 26.4 Å². The van der Waals surface area contributed by atoms with Gasteiger partial charge in [-0.15, -0.1) is 13.2 Å². The van der Waals surface area contributed by atoms with Gasteiger partial charge in [-0.25, -0.2) is 12.7 Å². The second-order valence-corrected chi connectivity index (χ2v) is 14.0. The highest BCUT2D eigenvalue weighted by Gasteiger charge is 2.62. The van der Waals surface area contributed by atoms with Crippen LogP contribution in [0.3, 0.4) is 0 Å². The summed E-state index contributed by atoms with van der Waals surface area (Å²) in [5.41, 5.74) is -1.50. The fraction of sp³-hybridized carbons (Fsp3) is 0.294. The molecule has 2 aliphatic rings. The lowest BCUT2D eigenvalue weighted by atomic mass is 9.78. The number of benzene rings is 4. The quantitative estimate of drug-likeness (QED) is 0.223. The van der Waals surface area contributed by atoms with Crippen molar-refractivity contribution in [2.45, 2.75) is 42.1 Å². The van der Waals surface area contributed by atoms with E-state index in [1.807, 2.05) is 24.3 Å². The Balaban J connectivity index is 1.66. The van der Waals surface area contributed by atoms with E-state index in [1.54, 1.807) is 37.2 Å². The average molecular weight is 702 g/mol. The van der Waals surface area contributed by atoms with Crippen molar-refractivity contribution in [1.82, 2.24) is 9.80 Å². The van der Waals surface area contributed by atoms with Gasteiger partial charge in [0.05, 0.1) is 18.8 Å². The molecule has 252 valence electrons. The van der Waals surface area contributed by atoms with Crippen molar-refractivity contribution >= 4 is 49.9 Å². The molecule has 2 amide bonds. The number of rotatable bonds is 7. The van der Waals surface area contributed by atoms with Crippen LogP contribution < -0.4 is 13.8 Å². The fourth-order valence-electron chi connectivity index (χ4n) is 6.74. The van der Waals surface area contributed by atoms with E-state index >= 15 is 4.79 Å². The van der Waals surface area contributed by atoms with E-state index in [0.29, 0.717) is 29.1 Å². The fourth-order valence-corrected chi connectivity index (χ4v) is 8.47. The molecule has 0 bridgehead atoms. The molecule has 48 heavy (non-hydrogen) atoms. The van der Waals surface area contributed by atoms with Crippen molar-refractivity contribution in [3.63, 3.8) is 0 Å². The van der Waals surface area contributed by atoms with Crippen molar-refractivity contribution in [1.29, 1.82) is 0 Å². The molecular weight excluding hydrogens is 671 g/mol. The van der Waals surface area contributed by atoms with Crippen LogP contribution in [0.5, 0.6) is 11.5 Å². The number of amides is 2. The van der Waals surface area contributed by atoms with E-state index in [1.165, 1.54) is 30.2 Å². The number of ether oxygens (including phenoxy) is 2. The number of methoxy groups -OCH3 is 1. The molecule has 4 aromatic rings. The molecule has 0 aromatic heterocycles. The maximum atomic E-state index is 15.4. The highest BCUT2D eigenvalue weighted by molar-refractivity contribution is 7.93. The zero-order valence-electron chi connectivity index (χ0n) is 26.1. The summed E-state index contributed by atoms with van der Waals surface area (Å²) in [6, 6.07) is 18.9. The number of halogens is 4. The first kappa shape index (κ1) is 33.6. The van der Waals surface area contributed by atoms with Gasteiger partial charge in [0.1, 0.15) is 10.6 Å². The first-order valence-corrected chi connectivity index (χ1v) is 16.8. The second kappa shape index (κ2) is 12.3. The molecule has 2 heterocycles. The maximum absolute atomic E-state index is 15.4. The number of hydrogen-bond acceptors (Lipinski definition) is 7. The third-order valence-corrected chi connectivity index (χ3v) is 10.8. The summed E-state index contributed by atoms with van der Waals surface area (Å²) >= 11 is 6.55. The minimum Gasteiger partial charge on any atom is -0.497 e. The summed E-state index contributed by atoms with van der Waals surface area (Å²) in [7, 11) is -0.719. The normalized spacial score (nSPS) is 20.1. The highest BCUT2D eigenvalue weighted by atomic mass is 35.5. The van der Waals surface area contributed by atoms with Crippen molar-refractivity contribution in [3.05, 3.63) is 95.0 Å². The summed E-state index contributed by atoms with van der Waals surface area (Å²) < 4.78 is 79.7. The van der Waals surface area contributed by atoms with E-state index in [-0.39, 0.29) is 34.5 Å². The number of piperidine rings is 1. The molecule has 1 fully saturated rings. The summed E-state index contributed by atoms with van der Waals surface area (Å²) in [5, 5.41) is 1.78. The van der Waals surface area contributed by atoms with E-state index in [2.05, 4.69) is 4.74 Å². The van der Waals surface area contributed by atoms with Crippen LogP contribution in [0, 0.1) is 0 Å². The smallest absolute Gasteiger partial charge is 0.497 e. The monoisotopic (exact) mass is 701 g/mol. The summed E-state index contributed by atoms with van der Waals surface area (Å²) in [6.45, 7) is 0.230. The number of likely N-dealkylation sites (N-methyl/N-ethyl adjacent to an activating group) is 1. The van der Waals surface area contributed by atoms with Crippen LogP contribution in [0.4, 0.5) is 18.9 Å². The molecule has 0 saturated carbocycles. The average Bonchev–Trinajstić information content (AvgIpc) is 3.31. The zero-order valence-corrected chi connectivity index (χ0v) is 27.7. The molecule has 0 N–H and O–H groups in total. The zero-order chi connectivity index (χ0) is 34.6. The third kappa shape index (κ3) is 5.53. The Hall–Kier alpha value is -4.33. The molecule has 0 aliphatic carbocycles. The van der Waals surface area contributed by atoms with Gasteiger partial charge in [0.2, 0.25) is 5.91 Å². The Morgan fingerprint density at radius 1 is 0.979 bits per heavy atom. The lowest BCUT2D eigenvalue weighted by Gasteiger charge is -2.47. The van der Waals surface area contributed by atoms with Gasteiger partial charge >= 0.3 is 6.36 Å². The summed E-state index contributed by atoms with van der Waals surface area (Å²) in [4.78, 5) is 31.3. The van der Waals surface area contributed by atoms with Gasteiger partial charge in [0.15, 0.2) is 11.3 Å². The SMILES string of the molecule is COc1ccc(S(=O)(=O)N2C(=O)C(c3ccc4ccccc4c3)(N3CCCC[C@H]3C(=O)N(C)C)c3cc(Cl)ccc32)c(OC(F)(F)F)c1. The number of alkyl halides is 3. The van der Waals surface area contributed by atoms with E-state index < -0.39 is 44.5 Å². The number of anilines is 1. The van der Waals surface area contributed by atoms with Gasteiger partial charge in [-0.2, -0.15) is 0 Å². The number of carbonyl (C=O) groups excluding carboxylic acids is 2. The molecule has 1 saturated heterocycles. The molecule has 2 aliphatic heterocycles. The Labute approximate surface area is 280 Å². The number of likely N-dealkylation sites (tertiary alicyclic amines) is 1. The molecule has 14 heteroatoms. The van der Waals surface area contributed by atoms with Crippen molar-refractivity contribution in [3.8, 4) is 11.5 Å². The van der Waals surface area contributed by atoms with Crippen LogP contribution >= 0.6 is 11.6 Å². The third-order valence-electron chi connectivity index (χ3n) is 8.78. The lowest BCUT2D eigenvalue weighted by Crippen LogP contribution is -2.62. The van der Waals surface area contributed by atoms with Crippen LogP contribution in [0.1, 0.15) is 30.4 Å². The van der Waals surface area contributed by atoms with Crippen LogP contribution in [0.2, 0.25) is 5.02 Å². The van der Waals surface area contributed by atoms with Gasteiger partial charge in [0.25, 0.3) is 15.9 Å². The van der Waals surface area contributed by atoms with Gasteiger partial charge in [-0.3, -0.25) is 14.5 Å². The molecule has 0 spiro atoms. The van der Waals surface area contributed by atoms with Crippen molar-refractivity contribution < 1.29 is 40.7 Å². The first-order valence-electron chi connectivity index (χ1n) is 15.0. The number of fused-ring (bicyclic) bond motifs is 2. The number of carbonyl (C=O) groups is 2. The topological polar surface area (TPSA) is 96.5 Å². The van der Waals surface area contributed by atoms with Crippen LogP contribution in [0.15, 0.2) is 83.8 Å². The molecule has 1 unspecified atom stereocenters. The largest absolute Gasteiger partial charge is 0.573 e. The predicted octanol–water partition coefficient (Wildman–Crippen LogP) is 6.32. The Morgan fingerprint density at radius 2 is 1.71 bits per heavy atom. The van der Waals surface area contributed by atoms with Gasteiger partial charge in [0, 0.05) is 37.3 Å². The molecule has 9 nitrogen and oxygen atoms in total. The Kier molecular flexibility index (Phi) is 8.59. The molecule has 4 aromatic carbocycles. The maximum Gasteiger partial charge on any atom is 0.573 e. The standard InChI is InChI=1S/C34H31ClF3N3O6S/c1-39(2)31(42)28-10-6-7-17-40(28)33(23-12-11-21-8-4-5-9-22(21)18-23)26-19-24(35)13-15-27(26)41(32(33)43)48(44,45)30-16-14-25(46-3)20-29(30)47-34(36,37)38/h4-5,8-9,11-16,18-20,28H,6-7,10,17H2,1-3H3/t28-,33?/m0/s1. The summed E-state index contributed by atoms with van der Waals surface area (Å²) in [5.74, 6) is -2.46. The van der Waals surface area contributed by atoms with Crippen LogP contribution in [0.25, 0.3) is 10.8 Å². The van der Waals surface area contributed by atoms with E-state index in [0.717, 1.165) is 29.0 Å². The summed E-state index contributed by atoms with van der Waals surface area (Å²) in [6.07, 6.45) is -3.62. The Bertz CT molecular complexity index is 2040. The van der Waals surface area contributed by atoms with E-state index in [4.69, 9.17) is 16.3 Å². The first-order chi connectivity index (χ1) is 22.7. The van der Waals surface area contributed by atoms with Crippen molar-refractivity contribution in [2.75, 3.05) is 32.1 Å². The molecular formula is C34H31ClF3N3O6S. The lowest BCUT2D eigenvalue weighted by molar-refractivity contribution is -0.275. The van der Waals surface area contributed by atoms with Gasteiger partial charge in [-0.1, -0.05) is 54.4 Å². The number of nitrogens with zero attached hydrogens (tertiary/aromatic N) is 3. The minimum atomic E-state index is -5.26. The van der Waals surface area contributed by atoms with Crippen molar-refractivity contribution in [2.24, 2.45) is 0 Å². The molecule has 2 atom stereocenters. The number of hydrogen-bond donors (Lipinski definition) is 0. The van der Waals surface area contributed by atoms with Crippen LogP contribution in [-0.4, -0.2) is 70.2 Å². The molecule has 0 radical (unpaired) electrons. The van der Waals surface area contributed by atoms with Gasteiger partial charge < -0.3 is 14.4 Å².